The number of aromatic nitrogens is 1. The van der Waals surface area contributed by atoms with Gasteiger partial charge in [0.1, 0.15) is 0 Å². The highest BCUT2D eigenvalue weighted by molar-refractivity contribution is 6.05. The highest BCUT2D eigenvalue weighted by atomic mass is 19.4. The Kier molecular flexibility index (Phi) is 12.0. The van der Waals surface area contributed by atoms with Crippen LogP contribution in [0.2, 0.25) is 0 Å². The number of nitrogens with zero attached hydrogens (tertiary/aromatic N) is 2. The predicted octanol–water partition coefficient (Wildman–Crippen LogP) is 6.39. The minimum atomic E-state index is -4.60. The number of benzene rings is 2. The molecule has 4 rings (SSSR count). The van der Waals surface area contributed by atoms with Crippen LogP contribution in [0.3, 0.4) is 0 Å². The van der Waals surface area contributed by atoms with Gasteiger partial charge < -0.3 is 20.1 Å². The fraction of sp³-hybridized carbons (Fsp3) is 0.389. The summed E-state index contributed by atoms with van der Waals surface area (Å²) in [4.78, 5) is 28.8. The SMILES string of the molecule is C/C=c1/cc(-c2cc(NC(=O)c3cc(N4CCNCC4)cc(C(F)(F)F)c3)ccc2C)c(=O)n(C)/c1=C/C(C)=C(\C)CC.CC. The Hall–Kier alpha value is -4.11. The smallest absolute Gasteiger partial charge is 0.369 e. The van der Waals surface area contributed by atoms with Crippen molar-refractivity contribution in [2.75, 3.05) is 36.4 Å². The van der Waals surface area contributed by atoms with Crippen LogP contribution in [-0.4, -0.2) is 36.7 Å². The molecule has 0 bridgehead atoms. The first-order valence-electron chi connectivity index (χ1n) is 15.5. The van der Waals surface area contributed by atoms with E-state index in [9.17, 15) is 22.8 Å². The van der Waals surface area contributed by atoms with Crippen molar-refractivity contribution in [3.05, 3.63) is 91.2 Å². The Morgan fingerprint density at radius 1 is 1.02 bits per heavy atom. The number of nitrogens with one attached hydrogen (secondary N) is 2. The van der Waals surface area contributed by atoms with Crippen molar-refractivity contribution in [3.63, 3.8) is 0 Å². The molecule has 2 heterocycles. The number of carbonyl (C=O) groups excluding carboxylic acids is 1. The van der Waals surface area contributed by atoms with E-state index >= 15 is 0 Å². The summed E-state index contributed by atoms with van der Waals surface area (Å²) in [5, 5.41) is 7.63. The molecule has 0 spiro atoms. The number of rotatable bonds is 6. The molecular formula is C36H45F3N4O2. The van der Waals surface area contributed by atoms with Crippen LogP contribution in [0, 0.1) is 6.92 Å². The van der Waals surface area contributed by atoms with Crippen LogP contribution in [0.4, 0.5) is 24.5 Å². The van der Waals surface area contributed by atoms with Crippen LogP contribution in [0.5, 0.6) is 0 Å². The largest absolute Gasteiger partial charge is 0.416 e. The van der Waals surface area contributed by atoms with E-state index in [1.807, 2.05) is 57.7 Å². The lowest BCUT2D eigenvalue weighted by Crippen LogP contribution is -2.43. The van der Waals surface area contributed by atoms with Crippen LogP contribution >= 0.6 is 0 Å². The molecule has 242 valence electrons. The van der Waals surface area contributed by atoms with Gasteiger partial charge in [-0.15, -0.1) is 0 Å². The van der Waals surface area contributed by atoms with Crippen LogP contribution in [0.25, 0.3) is 23.3 Å². The number of halogens is 3. The van der Waals surface area contributed by atoms with Gasteiger partial charge in [-0.1, -0.05) is 44.1 Å². The molecule has 1 saturated heterocycles. The first-order chi connectivity index (χ1) is 21.3. The molecule has 0 radical (unpaired) electrons. The number of allylic oxidation sites excluding steroid dienone is 2. The van der Waals surface area contributed by atoms with Gasteiger partial charge in [0, 0.05) is 55.7 Å². The molecule has 0 atom stereocenters. The maximum Gasteiger partial charge on any atom is 0.416 e. The van der Waals surface area contributed by atoms with Gasteiger partial charge in [-0.2, -0.15) is 13.2 Å². The number of hydrogen-bond acceptors (Lipinski definition) is 4. The highest BCUT2D eigenvalue weighted by Gasteiger charge is 2.32. The van der Waals surface area contributed by atoms with E-state index in [-0.39, 0.29) is 11.1 Å². The molecule has 1 aliphatic heterocycles. The number of anilines is 2. The Morgan fingerprint density at radius 2 is 1.69 bits per heavy atom. The zero-order valence-corrected chi connectivity index (χ0v) is 27.6. The van der Waals surface area contributed by atoms with E-state index < -0.39 is 17.6 Å². The lowest BCUT2D eigenvalue weighted by atomic mass is 9.99. The predicted molar refractivity (Wildman–Crippen MR) is 180 cm³/mol. The van der Waals surface area contributed by atoms with Crippen molar-refractivity contribution in [2.45, 2.75) is 61.1 Å². The lowest BCUT2D eigenvalue weighted by Gasteiger charge is -2.30. The normalized spacial score (nSPS) is 15.0. The average Bonchev–Trinajstić information content (AvgIpc) is 3.04. The molecule has 1 fully saturated rings. The fourth-order valence-electron chi connectivity index (χ4n) is 5.19. The standard InChI is InChI=1S/C34H39F3N4O2.C2H6/c1-7-21(3)23(5)15-31-24(8-2)18-30(33(43)40(31)6)29-20-27(10-9-22(29)4)39-32(42)25-16-26(34(35,36)37)19-28(17-25)41-13-11-38-12-14-41;1-2/h8-10,15-20,38H,7,11-14H2,1-6H3,(H,39,42);1-2H3/b23-21+,24-8-,31-15+;. The molecule has 1 aromatic heterocycles. The van der Waals surface area contributed by atoms with Crippen LogP contribution in [-0.2, 0) is 13.2 Å². The Balaban J connectivity index is 0.00000271. The minimum Gasteiger partial charge on any atom is -0.369 e. The zero-order chi connectivity index (χ0) is 33.5. The molecule has 45 heavy (non-hydrogen) atoms. The van der Waals surface area contributed by atoms with Crippen LogP contribution < -0.4 is 31.7 Å². The van der Waals surface area contributed by atoms with Gasteiger partial charge in [-0.3, -0.25) is 9.59 Å². The van der Waals surface area contributed by atoms with Crippen molar-refractivity contribution in [3.8, 4) is 11.1 Å². The number of hydrogen-bond donors (Lipinski definition) is 2. The van der Waals surface area contributed by atoms with Gasteiger partial charge in [-0.25, -0.2) is 0 Å². The molecule has 0 saturated carbocycles. The van der Waals surface area contributed by atoms with Gasteiger partial charge in [0.25, 0.3) is 11.5 Å². The van der Waals surface area contributed by atoms with E-state index in [0.717, 1.165) is 40.3 Å². The molecule has 6 nitrogen and oxygen atoms in total. The summed E-state index contributed by atoms with van der Waals surface area (Å²) < 4.78 is 43.0. The molecule has 1 aliphatic rings. The maximum absolute atomic E-state index is 13.8. The molecule has 9 heteroatoms. The Bertz CT molecular complexity index is 1750. The van der Waals surface area contributed by atoms with Gasteiger partial charge >= 0.3 is 6.18 Å². The van der Waals surface area contributed by atoms with Gasteiger partial charge in [0.15, 0.2) is 0 Å². The third-order valence-corrected chi connectivity index (χ3v) is 8.13. The van der Waals surface area contributed by atoms with Crippen LogP contribution in [0.1, 0.15) is 69.4 Å². The van der Waals surface area contributed by atoms with E-state index in [4.69, 9.17) is 0 Å². The second-order valence-electron chi connectivity index (χ2n) is 11.0. The number of alkyl halides is 3. The molecule has 2 N–H and O–H groups in total. The molecule has 2 aromatic carbocycles. The average molecular weight is 623 g/mol. The monoisotopic (exact) mass is 622 g/mol. The van der Waals surface area contributed by atoms with E-state index in [1.165, 1.54) is 11.6 Å². The molecule has 0 aliphatic carbocycles. The maximum atomic E-state index is 13.8. The topological polar surface area (TPSA) is 66.4 Å². The second kappa shape index (κ2) is 15.3. The van der Waals surface area contributed by atoms with Gasteiger partial charge in [0.05, 0.1) is 10.9 Å². The minimum absolute atomic E-state index is 0.0880. The van der Waals surface area contributed by atoms with Crippen LogP contribution in [0.15, 0.2) is 58.4 Å². The summed E-state index contributed by atoms with van der Waals surface area (Å²) in [5.41, 5.74) is 3.85. The molecule has 0 unspecified atom stereocenters. The summed E-state index contributed by atoms with van der Waals surface area (Å²) in [6, 6.07) is 10.5. The molecular weight excluding hydrogens is 577 g/mol. The Labute approximate surface area is 264 Å². The van der Waals surface area contributed by atoms with Crippen molar-refractivity contribution >= 4 is 29.4 Å². The van der Waals surface area contributed by atoms with E-state index in [1.54, 1.807) is 29.8 Å². The number of aryl methyl sites for hydroxylation is 1. The molecule has 1 amide bonds. The number of amides is 1. The number of carbonyl (C=O) groups is 1. The summed E-state index contributed by atoms with van der Waals surface area (Å²) in [5.74, 6) is -0.661. The zero-order valence-electron chi connectivity index (χ0n) is 27.6. The second-order valence-corrected chi connectivity index (χ2v) is 11.0. The fourth-order valence-corrected chi connectivity index (χ4v) is 5.19. The summed E-state index contributed by atoms with van der Waals surface area (Å²) >= 11 is 0. The Morgan fingerprint density at radius 3 is 2.29 bits per heavy atom. The summed E-state index contributed by atoms with van der Waals surface area (Å²) in [7, 11) is 1.74. The lowest BCUT2D eigenvalue weighted by molar-refractivity contribution is -0.137. The van der Waals surface area contributed by atoms with Crippen molar-refractivity contribution in [1.82, 2.24) is 9.88 Å². The third-order valence-electron chi connectivity index (χ3n) is 8.13. The van der Waals surface area contributed by atoms with E-state index in [2.05, 4.69) is 24.5 Å². The van der Waals surface area contributed by atoms with Gasteiger partial charge in [-0.05, 0) is 92.9 Å². The summed E-state index contributed by atoms with van der Waals surface area (Å²) in [6.45, 7) is 16.4. The first kappa shape index (κ1) is 35.4. The number of piperazine rings is 1. The number of pyridine rings is 1. The quantitative estimate of drug-likeness (QED) is 0.334. The summed E-state index contributed by atoms with van der Waals surface area (Å²) in [6.07, 6.45) is 0.284. The highest BCUT2D eigenvalue weighted by Crippen LogP contribution is 2.33. The van der Waals surface area contributed by atoms with E-state index in [0.29, 0.717) is 48.7 Å². The van der Waals surface area contributed by atoms with Gasteiger partial charge in [0.2, 0.25) is 0 Å². The first-order valence-corrected chi connectivity index (χ1v) is 15.5. The molecule has 3 aromatic rings. The van der Waals surface area contributed by atoms with Crippen molar-refractivity contribution in [2.24, 2.45) is 7.05 Å². The van der Waals surface area contributed by atoms with Crippen molar-refractivity contribution < 1.29 is 18.0 Å². The third kappa shape index (κ3) is 8.34. The van der Waals surface area contributed by atoms with Crippen molar-refractivity contribution in [1.29, 1.82) is 0 Å².